The average molecular weight is 532 g/mol. The van der Waals surface area contributed by atoms with Crippen molar-refractivity contribution in [3.05, 3.63) is 99.3 Å². The lowest BCUT2D eigenvalue weighted by molar-refractivity contribution is 0.561. The molecule has 1 aromatic heterocycles. The monoisotopic (exact) mass is 531 g/mol. The number of aromatic nitrogens is 4. The van der Waals surface area contributed by atoms with Gasteiger partial charge in [-0.15, -0.1) is 5.10 Å². The molecule has 0 fully saturated rings. The minimum absolute atomic E-state index is 0.0773. The van der Waals surface area contributed by atoms with E-state index < -0.39 is 21.7 Å². The molecule has 0 aliphatic rings. The van der Waals surface area contributed by atoms with Crippen LogP contribution in [0.25, 0.3) is 0 Å². The number of tetrazole rings is 1. The van der Waals surface area contributed by atoms with Crippen LogP contribution in [0, 0.1) is 25.5 Å². The van der Waals surface area contributed by atoms with E-state index in [2.05, 4.69) is 15.5 Å². The number of sulfonamides is 1. The maximum atomic E-state index is 14.5. The van der Waals surface area contributed by atoms with Crippen LogP contribution in [0.15, 0.2) is 59.5 Å². The summed E-state index contributed by atoms with van der Waals surface area (Å²) in [5.41, 5.74) is 1.90. The van der Waals surface area contributed by atoms with Gasteiger partial charge < -0.3 is 0 Å². The standard InChI is InChI=1S/C25H24ClF2N5O2S/c1-4-32-25(29-30-31-32)15-33(36(34,35)20-11-16(2)10-17(3)12-20)24-9-8-19(26)13-18(24)14-21-22(27)6-5-7-23(21)28/h5-13H,4,14-15H2,1-3H3. The second kappa shape index (κ2) is 10.3. The van der Waals surface area contributed by atoms with E-state index in [1.54, 1.807) is 12.1 Å². The Bertz CT molecular complexity index is 1480. The lowest BCUT2D eigenvalue weighted by atomic mass is 10.0. The molecule has 0 radical (unpaired) electrons. The molecule has 0 saturated heterocycles. The third-order valence-electron chi connectivity index (χ3n) is 5.71. The first-order chi connectivity index (χ1) is 17.1. The summed E-state index contributed by atoms with van der Waals surface area (Å²) in [6.07, 6.45) is -0.216. The second-order valence-corrected chi connectivity index (χ2v) is 10.7. The molecule has 4 aromatic rings. The van der Waals surface area contributed by atoms with E-state index in [9.17, 15) is 17.2 Å². The second-order valence-electron chi connectivity index (χ2n) is 8.40. The summed E-state index contributed by atoms with van der Waals surface area (Å²) in [5, 5.41) is 11.9. The predicted molar refractivity (Wildman–Crippen MR) is 133 cm³/mol. The Morgan fingerprint density at radius 2 is 1.67 bits per heavy atom. The molecule has 3 aromatic carbocycles. The number of hydrogen-bond donors (Lipinski definition) is 0. The third kappa shape index (κ3) is 5.24. The maximum Gasteiger partial charge on any atom is 0.264 e. The minimum Gasteiger partial charge on any atom is -0.258 e. The first-order valence-corrected chi connectivity index (χ1v) is 13.0. The molecule has 0 bridgehead atoms. The lowest BCUT2D eigenvalue weighted by Crippen LogP contribution is -2.33. The fraction of sp³-hybridized carbons (Fsp3) is 0.240. The van der Waals surface area contributed by atoms with Gasteiger partial charge in [-0.05, 0) is 90.4 Å². The van der Waals surface area contributed by atoms with Gasteiger partial charge in [0.15, 0.2) is 5.82 Å². The number of anilines is 1. The van der Waals surface area contributed by atoms with Crippen LogP contribution in [0.5, 0.6) is 0 Å². The van der Waals surface area contributed by atoms with Crippen molar-refractivity contribution >= 4 is 27.3 Å². The van der Waals surface area contributed by atoms with Crippen molar-refractivity contribution in [2.24, 2.45) is 0 Å². The van der Waals surface area contributed by atoms with Crippen molar-refractivity contribution in [2.45, 2.75) is 45.2 Å². The molecule has 0 aliphatic carbocycles. The van der Waals surface area contributed by atoms with E-state index >= 15 is 0 Å². The molecule has 0 unspecified atom stereocenters. The molecule has 1 heterocycles. The summed E-state index contributed by atoms with van der Waals surface area (Å²) in [6, 6.07) is 13.2. The van der Waals surface area contributed by atoms with Gasteiger partial charge in [-0.1, -0.05) is 23.7 Å². The van der Waals surface area contributed by atoms with Crippen molar-refractivity contribution in [1.29, 1.82) is 0 Å². The maximum absolute atomic E-state index is 14.5. The van der Waals surface area contributed by atoms with Crippen LogP contribution in [0.3, 0.4) is 0 Å². The summed E-state index contributed by atoms with van der Waals surface area (Å²) in [7, 11) is -4.15. The largest absolute Gasteiger partial charge is 0.264 e. The van der Waals surface area contributed by atoms with Crippen molar-refractivity contribution in [1.82, 2.24) is 20.2 Å². The fourth-order valence-electron chi connectivity index (χ4n) is 4.05. The molecule has 0 aliphatic heterocycles. The molecular formula is C25H24ClF2N5O2S. The summed E-state index contributed by atoms with van der Waals surface area (Å²) in [4.78, 5) is 0.0773. The quantitative estimate of drug-likeness (QED) is 0.311. The molecule has 0 atom stereocenters. The van der Waals surface area contributed by atoms with E-state index in [-0.39, 0.29) is 29.1 Å². The SMILES string of the molecule is CCn1nnnc1CN(c1ccc(Cl)cc1Cc1c(F)cccc1F)S(=O)(=O)c1cc(C)cc(C)c1. The van der Waals surface area contributed by atoms with Gasteiger partial charge in [0.05, 0.1) is 17.1 Å². The Balaban J connectivity index is 1.91. The van der Waals surface area contributed by atoms with E-state index in [0.717, 1.165) is 27.6 Å². The number of rotatable bonds is 8. The van der Waals surface area contributed by atoms with Crippen LogP contribution < -0.4 is 4.31 Å². The van der Waals surface area contributed by atoms with E-state index in [1.165, 1.54) is 28.9 Å². The first-order valence-electron chi connectivity index (χ1n) is 11.2. The molecule has 0 amide bonds. The van der Waals surface area contributed by atoms with Gasteiger partial charge in [-0.3, -0.25) is 4.31 Å². The molecule has 0 spiro atoms. The molecule has 0 N–H and O–H groups in total. The first kappa shape index (κ1) is 25.7. The summed E-state index contributed by atoms with van der Waals surface area (Å²) >= 11 is 6.24. The normalized spacial score (nSPS) is 11.6. The van der Waals surface area contributed by atoms with Gasteiger partial charge in [0.2, 0.25) is 0 Å². The zero-order valence-corrected chi connectivity index (χ0v) is 21.5. The Kier molecular flexibility index (Phi) is 7.37. The van der Waals surface area contributed by atoms with Crippen molar-refractivity contribution in [2.75, 3.05) is 4.31 Å². The summed E-state index contributed by atoms with van der Waals surface area (Å²) in [6.45, 7) is 5.67. The van der Waals surface area contributed by atoms with Crippen LogP contribution >= 0.6 is 11.6 Å². The highest BCUT2D eigenvalue weighted by Gasteiger charge is 2.30. The Morgan fingerprint density at radius 3 is 2.31 bits per heavy atom. The lowest BCUT2D eigenvalue weighted by Gasteiger charge is -2.27. The van der Waals surface area contributed by atoms with Gasteiger partial charge in [0.25, 0.3) is 10.0 Å². The van der Waals surface area contributed by atoms with E-state index in [4.69, 9.17) is 11.6 Å². The van der Waals surface area contributed by atoms with Crippen LogP contribution in [0.1, 0.15) is 35.0 Å². The molecule has 188 valence electrons. The average Bonchev–Trinajstić information content (AvgIpc) is 3.27. The van der Waals surface area contributed by atoms with E-state index in [1.807, 2.05) is 26.8 Å². The topological polar surface area (TPSA) is 81.0 Å². The zero-order valence-electron chi connectivity index (χ0n) is 19.9. The highest BCUT2D eigenvalue weighted by atomic mass is 35.5. The zero-order chi connectivity index (χ0) is 26.0. The predicted octanol–water partition coefficient (Wildman–Crippen LogP) is 5.23. The fourth-order valence-corrected chi connectivity index (χ4v) is 5.89. The van der Waals surface area contributed by atoms with Crippen molar-refractivity contribution in [3.63, 3.8) is 0 Å². The number of nitrogens with zero attached hydrogens (tertiary/aromatic N) is 5. The van der Waals surface area contributed by atoms with Gasteiger partial charge in [-0.25, -0.2) is 21.9 Å². The summed E-state index contributed by atoms with van der Waals surface area (Å²) < 4.78 is 59.8. The molecule has 7 nitrogen and oxygen atoms in total. The Morgan fingerprint density at radius 1 is 1.00 bits per heavy atom. The Labute approximate surface area is 213 Å². The highest BCUT2D eigenvalue weighted by Crippen LogP contribution is 2.33. The van der Waals surface area contributed by atoms with Gasteiger partial charge in [0.1, 0.15) is 11.6 Å². The molecule has 4 rings (SSSR count). The van der Waals surface area contributed by atoms with Gasteiger partial charge in [0, 0.05) is 23.6 Å². The molecule has 0 saturated carbocycles. The summed E-state index contributed by atoms with van der Waals surface area (Å²) in [5.74, 6) is -1.16. The van der Waals surface area contributed by atoms with Crippen LogP contribution in [-0.2, 0) is 29.5 Å². The van der Waals surface area contributed by atoms with Crippen LogP contribution in [0.4, 0.5) is 14.5 Å². The van der Waals surface area contributed by atoms with Gasteiger partial charge in [-0.2, -0.15) is 0 Å². The smallest absolute Gasteiger partial charge is 0.258 e. The number of halogens is 3. The number of aryl methyl sites for hydroxylation is 3. The molecule has 11 heteroatoms. The van der Waals surface area contributed by atoms with Crippen molar-refractivity contribution < 1.29 is 17.2 Å². The molecule has 36 heavy (non-hydrogen) atoms. The number of hydrogen-bond acceptors (Lipinski definition) is 5. The van der Waals surface area contributed by atoms with E-state index in [0.29, 0.717) is 23.0 Å². The van der Waals surface area contributed by atoms with Gasteiger partial charge >= 0.3 is 0 Å². The molecular weight excluding hydrogens is 508 g/mol. The number of benzene rings is 3. The highest BCUT2D eigenvalue weighted by molar-refractivity contribution is 7.92. The van der Waals surface area contributed by atoms with Crippen LogP contribution in [0.2, 0.25) is 5.02 Å². The minimum atomic E-state index is -4.15. The Hall–Kier alpha value is -3.37. The van der Waals surface area contributed by atoms with Crippen LogP contribution in [-0.4, -0.2) is 28.6 Å². The third-order valence-corrected chi connectivity index (χ3v) is 7.69. The van der Waals surface area contributed by atoms with Crippen molar-refractivity contribution in [3.8, 4) is 0 Å².